The molecular weight excluding hydrogens is 774 g/mol. The van der Waals surface area contributed by atoms with E-state index >= 15 is 0 Å². The van der Waals surface area contributed by atoms with Gasteiger partial charge in [-0.25, -0.2) is 18.8 Å². The van der Waals surface area contributed by atoms with Crippen LogP contribution >= 0.6 is 0 Å². The SMILES string of the molecule is O=C(OCC1(COC(=O)C(F)(F)C(F)(F)C(F)(F)F)COC2(OC1)C1CC3CC2CC(OC(=O)C(F)(F)S(=O)(=O)O)(C3)C1)C(F)(F)C(F)(F)CF. The van der Waals surface area contributed by atoms with E-state index in [0.29, 0.717) is 0 Å². The third kappa shape index (κ3) is 6.69. The van der Waals surface area contributed by atoms with E-state index in [1.165, 1.54) is 0 Å². The molecule has 0 radical (unpaired) electrons. The first-order chi connectivity index (χ1) is 22.9. The number of alkyl halides is 14. The lowest BCUT2D eigenvalue weighted by atomic mass is 9.51. The highest BCUT2D eigenvalue weighted by Crippen LogP contribution is 2.64. The standard InChI is InChI=1S/C25H24F14O11S/c26-6-19(27,28)21(29,30)14(40)46-7-17(8-47-15(41)22(31,32)24(35,36)25(37,38)39)9-48-20(49-10-17)12-1-11-2-13(20)5-18(3-11,4-12)50-16(42)23(33,34)51(43,44)45/h11-13H,1-10H2,(H,43,44,45). The molecule has 11 nitrogen and oxygen atoms in total. The summed E-state index contributed by atoms with van der Waals surface area (Å²) in [5, 5.41) is -5.38. The Hall–Kier alpha value is -2.74. The number of carbonyl (C=O) groups excluding carboxylic acids is 3. The Morgan fingerprint density at radius 2 is 1.18 bits per heavy atom. The van der Waals surface area contributed by atoms with E-state index in [2.05, 4.69) is 9.47 Å². The number of halogens is 14. The zero-order valence-corrected chi connectivity index (χ0v) is 25.8. The van der Waals surface area contributed by atoms with Crippen molar-refractivity contribution in [3.8, 4) is 0 Å². The van der Waals surface area contributed by atoms with E-state index in [0.717, 1.165) is 0 Å². The second-order valence-electron chi connectivity index (χ2n) is 12.9. The molecule has 4 aliphatic carbocycles. The normalized spacial score (nSPS) is 31.8. The molecule has 2 atom stereocenters. The highest BCUT2D eigenvalue weighted by molar-refractivity contribution is 7.87. The summed E-state index contributed by atoms with van der Waals surface area (Å²) < 4.78 is 242. The van der Waals surface area contributed by atoms with Gasteiger partial charge in [-0.2, -0.15) is 65.5 Å². The van der Waals surface area contributed by atoms with Crippen LogP contribution < -0.4 is 0 Å². The van der Waals surface area contributed by atoms with Gasteiger partial charge in [-0.1, -0.05) is 0 Å². The van der Waals surface area contributed by atoms with Gasteiger partial charge in [0.05, 0.1) is 18.6 Å². The summed E-state index contributed by atoms with van der Waals surface area (Å²) in [6, 6.07) is 0. The molecule has 1 spiro atoms. The highest BCUT2D eigenvalue weighted by atomic mass is 32.2. The van der Waals surface area contributed by atoms with Crippen molar-refractivity contribution in [1.29, 1.82) is 0 Å². The second-order valence-corrected chi connectivity index (χ2v) is 14.4. The maximum atomic E-state index is 14.0. The molecule has 26 heteroatoms. The number of ether oxygens (including phenoxy) is 5. The summed E-state index contributed by atoms with van der Waals surface area (Å²) >= 11 is 0. The number of esters is 3. The van der Waals surface area contributed by atoms with Crippen LogP contribution in [-0.4, -0.2) is 110 Å². The lowest BCUT2D eigenvalue weighted by Gasteiger charge is -2.65. The Bertz CT molecular complexity index is 1490. The van der Waals surface area contributed by atoms with Crippen LogP contribution in [0.3, 0.4) is 0 Å². The topological polar surface area (TPSA) is 152 Å². The predicted octanol–water partition coefficient (Wildman–Crippen LogP) is 4.48. The van der Waals surface area contributed by atoms with E-state index in [9.17, 15) is 84.3 Å². The Morgan fingerprint density at radius 3 is 1.59 bits per heavy atom. The van der Waals surface area contributed by atoms with Gasteiger partial charge in [-0.05, 0) is 38.0 Å². The van der Waals surface area contributed by atoms with Crippen molar-refractivity contribution >= 4 is 28.0 Å². The van der Waals surface area contributed by atoms with Gasteiger partial charge in [0.2, 0.25) is 0 Å². The molecule has 5 aliphatic rings. The lowest BCUT2D eigenvalue weighted by Crippen LogP contribution is -2.70. The van der Waals surface area contributed by atoms with Crippen LogP contribution in [0.1, 0.15) is 32.1 Å². The zero-order chi connectivity index (χ0) is 39.1. The Labute approximate surface area is 275 Å². The van der Waals surface area contributed by atoms with Crippen LogP contribution in [0.4, 0.5) is 61.5 Å². The third-order valence-corrected chi connectivity index (χ3v) is 10.1. The summed E-state index contributed by atoms with van der Waals surface area (Å²) in [4.78, 5) is 35.8. The van der Waals surface area contributed by atoms with Crippen LogP contribution in [0, 0.1) is 23.2 Å². The van der Waals surface area contributed by atoms with Crippen molar-refractivity contribution in [3.05, 3.63) is 0 Å². The van der Waals surface area contributed by atoms with Crippen molar-refractivity contribution in [2.75, 3.05) is 33.1 Å². The van der Waals surface area contributed by atoms with Crippen LogP contribution in [0.2, 0.25) is 0 Å². The van der Waals surface area contributed by atoms with Crippen LogP contribution in [0.5, 0.6) is 0 Å². The number of hydrogen-bond acceptors (Lipinski definition) is 10. The minimum absolute atomic E-state index is 0.0896. The predicted molar refractivity (Wildman–Crippen MR) is 130 cm³/mol. The maximum Gasteiger partial charge on any atom is 0.465 e. The van der Waals surface area contributed by atoms with Crippen molar-refractivity contribution in [2.24, 2.45) is 23.2 Å². The number of rotatable bonds is 12. The second kappa shape index (κ2) is 12.4. The summed E-state index contributed by atoms with van der Waals surface area (Å²) in [7, 11) is -6.27. The molecule has 2 unspecified atom stereocenters. The summed E-state index contributed by atoms with van der Waals surface area (Å²) in [6.45, 7) is -8.99. The number of carbonyl (C=O) groups is 3. The molecule has 5 fully saturated rings. The fourth-order valence-electron chi connectivity index (χ4n) is 6.79. The zero-order valence-electron chi connectivity index (χ0n) is 25.0. The molecule has 4 bridgehead atoms. The van der Waals surface area contributed by atoms with Gasteiger partial charge >= 0.3 is 63.1 Å². The molecule has 1 aliphatic heterocycles. The first kappa shape index (κ1) is 41.0. The van der Waals surface area contributed by atoms with Crippen LogP contribution in [0.15, 0.2) is 0 Å². The van der Waals surface area contributed by atoms with Crippen molar-refractivity contribution < 1.29 is 113 Å². The van der Waals surface area contributed by atoms with E-state index in [-0.39, 0.29) is 19.3 Å². The van der Waals surface area contributed by atoms with Crippen LogP contribution in [0.25, 0.3) is 0 Å². The maximum absolute atomic E-state index is 14.0. The summed E-state index contributed by atoms with van der Waals surface area (Å²) in [5.41, 5.74) is -4.39. The first-order valence-corrected chi connectivity index (χ1v) is 15.6. The van der Waals surface area contributed by atoms with Crippen LogP contribution in [-0.2, 0) is 48.2 Å². The molecule has 1 N–H and O–H groups in total. The molecule has 0 aromatic carbocycles. The Morgan fingerprint density at radius 1 is 0.725 bits per heavy atom. The van der Waals surface area contributed by atoms with E-state index in [1.54, 1.807) is 0 Å². The largest absolute Gasteiger partial charge is 0.465 e. The number of hydrogen-bond donors (Lipinski definition) is 1. The molecule has 1 saturated heterocycles. The minimum atomic E-state index is -7.02. The molecular formula is C25H24F14O11S. The average molecular weight is 798 g/mol. The van der Waals surface area contributed by atoms with Gasteiger partial charge in [0.15, 0.2) is 12.5 Å². The fraction of sp³-hybridized carbons (Fsp3) is 0.880. The third-order valence-electron chi connectivity index (χ3n) is 9.26. The molecule has 0 aromatic rings. The molecule has 0 aromatic heterocycles. The smallest absolute Gasteiger partial charge is 0.460 e. The monoisotopic (exact) mass is 798 g/mol. The lowest BCUT2D eigenvalue weighted by molar-refractivity contribution is -0.397. The van der Waals surface area contributed by atoms with Gasteiger partial charge in [-0.15, -0.1) is 0 Å². The highest BCUT2D eigenvalue weighted by Gasteiger charge is 2.77. The minimum Gasteiger partial charge on any atom is -0.460 e. The summed E-state index contributed by atoms with van der Waals surface area (Å²) in [6.07, 6.45) is -7.71. The molecule has 0 amide bonds. The summed E-state index contributed by atoms with van der Waals surface area (Å²) in [5.74, 6) is -38.8. The van der Waals surface area contributed by atoms with Gasteiger partial charge in [0.1, 0.15) is 18.8 Å². The quantitative estimate of drug-likeness (QED) is 0.129. The van der Waals surface area contributed by atoms with E-state index in [1.807, 2.05) is 0 Å². The van der Waals surface area contributed by atoms with Crippen molar-refractivity contribution in [3.63, 3.8) is 0 Å². The molecule has 4 saturated carbocycles. The van der Waals surface area contributed by atoms with Gasteiger partial charge < -0.3 is 23.7 Å². The fourth-order valence-corrected chi connectivity index (χ4v) is 7.05. The van der Waals surface area contributed by atoms with Gasteiger partial charge in [-0.3, -0.25) is 4.55 Å². The van der Waals surface area contributed by atoms with Crippen molar-refractivity contribution in [1.82, 2.24) is 0 Å². The average Bonchev–Trinajstić information content (AvgIpc) is 3.00. The van der Waals surface area contributed by atoms with E-state index < -0.39 is 144 Å². The van der Waals surface area contributed by atoms with E-state index in [4.69, 9.17) is 18.8 Å². The Kier molecular flexibility index (Phi) is 9.99. The Balaban J connectivity index is 1.57. The van der Waals surface area contributed by atoms with Crippen molar-refractivity contribution in [2.45, 2.75) is 78.6 Å². The first-order valence-electron chi connectivity index (χ1n) is 14.2. The molecule has 294 valence electrons. The van der Waals surface area contributed by atoms with Gasteiger partial charge in [0, 0.05) is 11.8 Å². The van der Waals surface area contributed by atoms with Gasteiger partial charge in [0.25, 0.3) is 0 Å². The molecule has 5 rings (SSSR count). The molecule has 51 heavy (non-hydrogen) atoms. The molecule has 1 heterocycles.